The van der Waals surface area contributed by atoms with E-state index in [4.69, 9.17) is 4.74 Å². The maximum absolute atomic E-state index is 11.2. The normalized spacial score (nSPS) is 13.0. The lowest BCUT2D eigenvalue weighted by Gasteiger charge is -2.04. The van der Waals surface area contributed by atoms with Crippen LogP contribution in [0.3, 0.4) is 0 Å². The molecule has 0 aromatic rings. The lowest BCUT2D eigenvalue weighted by Crippen LogP contribution is -2.10. The van der Waals surface area contributed by atoms with Gasteiger partial charge in [0.2, 0.25) is 0 Å². The van der Waals surface area contributed by atoms with Crippen LogP contribution in [0.25, 0.3) is 0 Å². The first-order chi connectivity index (χ1) is 7.22. The van der Waals surface area contributed by atoms with Crippen molar-refractivity contribution in [3.8, 4) is 0 Å². The molecule has 88 valence electrons. The van der Waals surface area contributed by atoms with Crippen LogP contribution >= 0.6 is 0 Å². The van der Waals surface area contributed by atoms with Gasteiger partial charge < -0.3 is 4.74 Å². The first kappa shape index (κ1) is 14.2. The van der Waals surface area contributed by atoms with Crippen LogP contribution in [-0.2, 0) is 9.53 Å². The second-order valence-corrected chi connectivity index (χ2v) is 3.97. The van der Waals surface area contributed by atoms with E-state index in [0.717, 1.165) is 12.8 Å². The molecule has 1 unspecified atom stereocenters. The fourth-order valence-electron chi connectivity index (χ4n) is 1.16. The standard InChI is InChI=1S/C13H24O2/c1-4-6-7-8-9-10-11-15-13(14)12(3)5-2/h10-12H,4-9H2,1-3H3. The van der Waals surface area contributed by atoms with E-state index in [1.807, 2.05) is 19.9 Å². The molecule has 0 aliphatic carbocycles. The van der Waals surface area contributed by atoms with Gasteiger partial charge in [-0.1, -0.05) is 40.0 Å². The minimum Gasteiger partial charge on any atom is -0.435 e. The summed E-state index contributed by atoms with van der Waals surface area (Å²) < 4.78 is 4.98. The zero-order valence-electron chi connectivity index (χ0n) is 10.3. The molecule has 0 heterocycles. The number of ether oxygens (including phenoxy) is 1. The molecule has 0 saturated heterocycles. The molecule has 0 fully saturated rings. The molecular formula is C13H24O2. The monoisotopic (exact) mass is 212 g/mol. The topological polar surface area (TPSA) is 26.3 Å². The summed E-state index contributed by atoms with van der Waals surface area (Å²) in [5.41, 5.74) is 0. The molecule has 2 heteroatoms. The van der Waals surface area contributed by atoms with Gasteiger partial charge in [0.1, 0.15) is 0 Å². The van der Waals surface area contributed by atoms with Crippen LogP contribution in [-0.4, -0.2) is 5.97 Å². The van der Waals surface area contributed by atoms with E-state index in [-0.39, 0.29) is 11.9 Å². The number of rotatable bonds is 8. The Morgan fingerprint density at radius 1 is 1.27 bits per heavy atom. The van der Waals surface area contributed by atoms with E-state index in [1.165, 1.54) is 25.7 Å². The molecule has 0 amide bonds. The summed E-state index contributed by atoms with van der Waals surface area (Å²) >= 11 is 0. The maximum Gasteiger partial charge on any atom is 0.313 e. The zero-order valence-corrected chi connectivity index (χ0v) is 10.3. The van der Waals surface area contributed by atoms with Crippen LogP contribution in [0.4, 0.5) is 0 Å². The Kier molecular flexibility index (Phi) is 9.24. The Labute approximate surface area is 93.7 Å². The van der Waals surface area contributed by atoms with E-state index in [0.29, 0.717) is 0 Å². The molecule has 0 aromatic carbocycles. The highest BCUT2D eigenvalue weighted by Gasteiger charge is 2.09. The van der Waals surface area contributed by atoms with Gasteiger partial charge in [0.25, 0.3) is 0 Å². The molecule has 0 saturated carbocycles. The molecule has 0 aliphatic rings. The first-order valence-corrected chi connectivity index (χ1v) is 6.07. The van der Waals surface area contributed by atoms with E-state index in [2.05, 4.69) is 6.92 Å². The number of hydrogen-bond acceptors (Lipinski definition) is 2. The highest BCUT2D eigenvalue weighted by Crippen LogP contribution is 2.05. The van der Waals surface area contributed by atoms with Gasteiger partial charge in [-0.05, 0) is 25.3 Å². The SMILES string of the molecule is CCCCCCC=COC(=O)C(C)CC. The van der Waals surface area contributed by atoms with E-state index < -0.39 is 0 Å². The van der Waals surface area contributed by atoms with Crippen molar-refractivity contribution in [1.82, 2.24) is 0 Å². The second-order valence-electron chi connectivity index (χ2n) is 3.97. The zero-order chi connectivity index (χ0) is 11.5. The van der Waals surface area contributed by atoms with E-state index in [9.17, 15) is 4.79 Å². The van der Waals surface area contributed by atoms with Crippen LogP contribution in [0.1, 0.15) is 59.3 Å². The molecule has 0 bridgehead atoms. The molecule has 0 radical (unpaired) electrons. The summed E-state index contributed by atoms with van der Waals surface area (Å²) in [6.07, 6.45) is 10.3. The summed E-state index contributed by atoms with van der Waals surface area (Å²) in [5, 5.41) is 0. The van der Waals surface area contributed by atoms with Gasteiger partial charge in [0.05, 0.1) is 12.2 Å². The quantitative estimate of drug-likeness (QED) is 0.344. The highest BCUT2D eigenvalue weighted by molar-refractivity contribution is 5.72. The molecule has 0 rings (SSSR count). The third kappa shape index (κ3) is 8.22. The van der Waals surface area contributed by atoms with Crippen molar-refractivity contribution in [2.45, 2.75) is 59.3 Å². The van der Waals surface area contributed by atoms with Crippen molar-refractivity contribution in [3.05, 3.63) is 12.3 Å². The van der Waals surface area contributed by atoms with Gasteiger partial charge in [-0.2, -0.15) is 0 Å². The van der Waals surface area contributed by atoms with Crippen LogP contribution in [0.5, 0.6) is 0 Å². The predicted molar refractivity (Wildman–Crippen MR) is 63.4 cm³/mol. The van der Waals surface area contributed by atoms with Gasteiger partial charge >= 0.3 is 5.97 Å². The molecule has 0 aliphatic heterocycles. The van der Waals surface area contributed by atoms with Gasteiger partial charge in [0, 0.05) is 0 Å². The Hall–Kier alpha value is -0.790. The summed E-state index contributed by atoms with van der Waals surface area (Å²) in [5.74, 6) is -0.114. The first-order valence-electron chi connectivity index (χ1n) is 6.07. The van der Waals surface area contributed by atoms with Crippen LogP contribution in [0.15, 0.2) is 12.3 Å². The summed E-state index contributed by atoms with van der Waals surface area (Å²) in [6.45, 7) is 6.07. The number of hydrogen-bond donors (Lipinski definition) is 0. The van der Waals surface area contributed by atoms with Crippen LogP contribution in [0.2, 0.25) is 0 Å². The largest absolute Gasteiger partial charge is 0.435 e. The summed E-state index contributed by atoms with van der Waals surface area (Å²) in [6, 6.07) is 0. The molecule has 0 aromatic heterocycles. The fraction of sp³-hybridized carbons (Fsp3) is 0.769. The second kappa shape index (κ2) is 9.75. The van der Waals surface area contributed by atoms with Gasteiger partial charge in [-0.15, -0.1) is 0 Å². The van der Waals surface area contributed by atoms with Crippen molar-refractivity contribution < 1.29 is 9.53 Å². The van der Waals surface area contributed by atoms with Crippen molar-refractivity contribution in [2.24, 2.45) is 5.92 Å². The number of unbranched alkanes of at least 4 members (excludes halogenated alkanes) is 4. The summed E-state index contributed by atoms with van der Waals surface area (Å²) in [7, 11) is 0. The number of carbonyl (C=O) groups excluding carboxylic acids is 1. The molecular weight excluding hydrogens is 188 g/mol. The smallest absolute Gasteiger partial charge is 0.313 e. The minimum absolute atomic E-state index is 0.00902. The lowest BCUT2D eigenvalue weighted by atomic mass is 10.1. The molecule has 2 nitrogen and oxygen atoms in total. The van der Waals surface area contributed by atoms with Crippen molar-refractivity contribution in [3.63, 3.8) is 0 Å². The third-order valence-electron chi connectivity index (χ3n) is 2.52. The average molecular weight is 212 g/mol. The van der Waals surface area contributed by atoms with Crippen LogP contribution < -0.4 is 0 Å². The predicted octanol–water partition coefficient (Wildman–Crippen LogP) is 4.06. The van der Waals surface area contributed by atoms with Gasteiger partial charge in [-0.25, -0.2) is 0 Å². The van der Waals surface area contributed by atoms with Crippen LogP contribution in [0, 0.1) is 5.92 Å². The van der Waals surface area contributed by atoms with Crippen molar-refractivity contribution >= 4 is 5.97 Å². The average Bonchev–Trinajstić information content (AvgIpc) is 2.26. The Morgan fingerprint density at radius 3 is 2.60 bits per heavy atom. The van der Waals surface area contributed by atoms with Crippen molar-refractivity contribution in [1.29, 1.82) is 0 Å². The molecule has 15 heavy (non-hydrogen) atoms. The lowest BCUT2D eigenvalue weighted by molar-refractivity contribution is -0.142. The van der Waals surface area contributed by atoms with Crippen molar-refractivity contribution in [2.75, 3.05) is 0 Å². The van der Waals surface area contributed by atoms with Gasteiger partial charge in [0.15, 0.2) is 0 Å². The maximum atomic E-state index is 11.2. The fourth-order valence-corrected chi connectivity index (χ4v) is 1.16. The third-order valence-corrected chi connectivity index (χ3v) is 2.52. The van der Waals surface area contributed by atoms with Gasteiger partial charge in [-0.3, -0.25) is 4.79 Å². The number of carbonyl (C=O) groups is 1. The molecule has 1 atom stereocenters. The Bertz CT molecular complexity index is 185. The highest BCUT2D eigenvalue weighted by atomic mass is 16.5. The molecule has 0 N–H and O–H groups in total. The number of allylic oxidation sites excluding steroid dienone is 1. The molecule has 0 spiro atoms. The summed E-state index contributed by atoms with van der Waals surface area (Å²) in [4.78, 5) is 11.2. The minimum atomic E-state index is -0.123. The Balaban J connectivity index is 3.41. The van der Waals surface area contributed by atoms with E-state index >= 15 is 0 Å². The van der Waals surface area contributed by atoms with E-state index in [1.54, 1.807) is 6.26 Å². The Morgan fingerprint density at radius 2 is 2.00 bits per heavy atom. The number of esters is 1.